The topological polar surface area (TPSA) is 127 Å². The van der Waals surface area contributed by atoms with E-state index in [-0.39, 0.29) is 13.0 Å². The van der Waals surface area contributed by atoms with Crippen molar-refractivity contribution in [1.29, 1.82) is 0 Å². The second kappa shape index (κ2) is 6.48. The van der Waals surface area contributed by atoms with Gasteiger partial charge in [-0.05, 0) is 0 Å². The normalized spacial score (nSPS) is 11.8. The molecule has 0 saturated heterocycles. The number of aromatic nitrogens is 2. The quantitative estimate of drug-likeness (QED) is 0.439. The number of carbonyl (C=O) groups is 2. The minimum absolute atomic E-state index is 0.0349. The number of aromatic amines is 1. The van der Waals surface area contributed by atoms with Crippen LogP contribution in [0.2, 0.25) is 0 Å². The fourth-order valence-corrected chi connectivity index (χ4v) is 1.07. The van der Waals surface area contributed by atoms with Gasteiger partial charge in [0.25, 0.3) is 0 Å². The fraction of sp³-hybridized carbons (Fsp3) is 0.444. The lowest BCUT2D eigenvalue weighted by atomic mass is 10.2. The van der Waals surface area contributed by atoms with E-state index in [1.165, 1.54) is 6.33 Å². The molecular formula is C9H14N4O4. The van der Waals surface area contributed by atoms with E-state index in [1.54, 1.807) is 6.20 Å². The Bertz CT molecular complexity index is 365. The zero-order valence-electron chi connectivity index (χ0n) is 9.01. The number of aliphatic carboxylic acids is 1. The highest BCUT2D eigenvalue weighted by molar-refractivity contribution is 5.74. The molecule has 8 heteroatoms. The van der Waals surface area contributed by atoms with Gasteiger partial charge in [-0.1, -0.05) is 0 Å². The van der Waals surface area contributed by atoms with Crippen LogP contribution in [0.15, 0.2) is 12.5 Å². The minimum Gasteiger partial charge on any atom is -0.479 e. The summed E-state index contributed by atoms with van der Waals surface area (Å²) in [6.45, 7) is 0.385. The Morgan fingerprint density at radius 1 is 1.47 bits per heavy atom. The minimum atomic E-state index is -1.46. The molecule has 2 amide bonds. The van der Waals surface area contributed by atoms with Crippen molar-refractivity contribution in [2.24, 2.45) is 0 Å². The Balaban J connectivity index is 2.11. The molecule has 0 spiro atoms. The van der Waals surface area contributed by atoms with Crippen molar-refractivity contribution in [2.75, 3.05) is 6.54 Å². The van der Waals surface area contributed by atoms with Crippen LogP contribution in [0.1, 0.15) is 12.1 Å². The lowest BCUT2D eigenvalue weighted by molar-refractivity contribution is -0.146. The van der Waals surface area contributed by atoms with E-state index < -0.39 is 18.1 Å². The van der Waals surface area contributed by atoms with Crippen LogP contribution in [0.3, 0.4) is 0 Å². The lowest BCUT2D eigenvalue weighted by Gasteiger charge is -2.08. The number of amides is 2. The Hall–Kier alpha value is -2.09. The number of nitrogens with zero attached hydrogens (tertiary/aromatic N) is 1. The Kier molecular flexibility index (Phi) is 4.95. The number of aliphatic hydroxyl groups is 1. The van der Waals surface area contributed by atoms with Crippen LogP contribution in [0, 0.1) is 0 Å². The van der Waals surface area contributed by atoms with Crippen LogP contribution in [-0.2, 0) is 11.3 Å². The molecule has 17 heavy (non-hydrogen) atoms. The summed E-state index contributed by atoms with van der Waals surface area (Å²) in [5, 5.41) is 22.3. The van der Waals surface area contributed by atoms with Crippen molar-refractivity contribution in [3.05, 3.63) is 18.2 Å². The van der Waals surface area contributed by atoms with Crippen LogP contribution in [0.4, 0.5) is 4.79 Å². The molecule has 1 heterocycles. The van der Waals surface area contributed by atoms with Crippen molar-refractivity contribution < 1.29 is 19.8 Å². The molecule has 0 radical (unpaired) electrons. The van der Waals surface area contributed by atoms with Gasteiger partial charge in [0.2, 0.25) is 0 Å². The molecule has 5 N–H and O–H groups in total. The monoisotopic (exact) mass is 242 g/mol. The van der Waals surface area contributed by atoms with Crippen LogP contribution in [0.25, 0.3) is 0 Å². The molecule has 8 nitrogen and oxygen atoms in total. The van der Waals surface area contributed by atoms with Gasteiger partial charge >= 0.3 is 12.0 Å². The molecule has 0 aliphatic heterocycles. The molecule has 0 bridgehead atoms. The number of hydrogen-bond acceptors (Lipinski definition) is 4. The van der Waals surface area contributed by atoms with Crippen LogP contribution in [0.5, 0.6) is 0 Å². The third-order valence-corrected chi connectivity index (χ3v) is 1.98. The number of hydrogen-bond donors (Lipinski definition) is 5. The van der Waals surface area contributed by atoms with E-state index in [0.717, 1.165) is 5.69 Å². The van der Waals surface area contributed by atoms with Gasteiger partial charge in [-0.15, -0.1) is 0 Å². The number of carbonyl (C=O) groups excluding carboxylic acids is 1. The van der Waals surface area contributed by atoms with Gasteiger partial charge < -0.3 is 25.8 Å². The Morgan fingerprint density at radius 3 is 2.82 bits per heavy atom. The molecule has 0 aromatic carbocycles. The molecule has 1 rings (SSSR count). The third-order valence-electron chi connectivity index (χ3n) is 1.98. The van der Waals surface area contributed by atoms with Gasteiger partial charge in [-0.2, -0.15) is 0 Å². The van der Waals surface area contributed by atoms with Crippen molar-refractivity contribution >= 4 is 12.0 Å². The fourth-order valence-electron chi connectivity index (χ4n) is 1.07. The highest BCUT2D eigenvalue weighted by atomic mass is 16.4. The van der Waals surface area contributed by atoms with Gasteiger partial charge in [0.1, 0.15) is 0 Å². The van der Waals surface area contributed by atoms with Gasteiger partial charge in [0.05, 0.1) is 18.6 Å². The zero-order valence-corrected chi connectivity index (χ0v) is 9.01. The van der Waals surface area contributed by atoms with Crippen molar-refractivity contribution in [3.8, 4) is 0 Å². The van der Waals surface area contributed by atoms with E-state index in [9.17, 15) is 9.59 Å². The van der Waals surface area contributed by atoms with Crippen molar-refractivity contribution in [1.82, 2.24) is 20.6 Å². The zero-order chi connectivity index (χ0) is 12.7. The number of urea groups is 1. The second-order valence-corrected chi connectivity index (χ2v) is 3.33. The predicted octanol–water partition coefficient (Wildman–Crippen LogP) is -0.955. The van der Waals surface area contributed by atoms with E-state index >= 15 is 0 Å². The lowest BCUT2D eigenvalue weighted by Crippen LogP contribution is -2.37. The maximum Gasteiger partial charge on any atom is 0.332 e. The van der Waals surface area contributed by atoms with Crippen molar-refractivity contribution in [2.45, 2.75) is 19.1 Å². The summed E-state index contributed by atoms with van der Waals surface area (Å²) in [4.78, 5) is 28.1. The van der Waals surface area contributed by atoms with Gasteiger partial charge in [0, 0.05) is 19.2 Å². The predicted molar refractivity (Wildman–Crippen MR) is 57.1 cm³/mol. The first-order valence-corrected chi connectivity index (χ1v) is 4.99. The summed E-state index contributed by atoms with van der Waals surface area (Å²) in [6.07, 6.45) is 1.59. The maximum atomic E-state index is 11.2. The summed E-state index contributed by atoms with van der Waals surface area (Å²) >= 11 is 0. The standard InChI is InChI=1S/C9H14N4O4/c14-7(8(15)16)1-2-11-9(17)12-4-6-3-10-5-13-6/h3,5,7,14H,1-2,4H2,(H,10,13)(H,15,16)(H2,11,12,17)/t7-/m0/s1. The number of carboxylic acids is 1. The average molecular weight is 242 g/mol. The molecule has 1 aromatic heterocycles. The number of carboxylic acid groups (broad SMARTS) is 1. The molecule has 0 fully saturated rings. The Labute approximate surface area is 97.1 Å². The van der Waals surface area contributed by atoms with E-state index in [4.69, 9.17) is 10.2 Å². The number of nitrogens with one attached hydrogen (secondary N) is 3. The van der Waals surface area contributed by atoms with Gasteiger partial charge in [0.15, 0.2) is 6.10 Å². The molecule has 94 valence electrons. The third kappa shape index (κ3) is 4.98. The average Bonchev–Trinajstić information content (AvgIpc) is 2.78. The first-order chi connectivity index (χ1) is 8.09. The molecule has 0 saturated carbocycles. The number of rotatable bonds is 6. The number of H-pyrrole nitrogens is 1. The van der Waals surface area contributed by atoms with E-state index in [1.807, 2.05) is 0 Å². The number of imidazole rings is 1. The van der Waals surface area contributed by atoms with Crippen LogP contribution < -0.4 is 10.6 Å². The van der Waals surface area contributed by atoms with Gasteiger partial charge in [-0.3, -0.25) is 0 Å². The van der Waals surface area contributed by atoms with Crippen LogP contribution in [-0.4, -0.2) is 44.8 Å². The van der Waals surface area contributed by atoms with E-state index in [2.05, 4.69) is 20.6 Å². The summed E-state index contributed by atoms with van der Waals surface area (Å²) in [5.74, 6) is -1.30. The van der Waals surface area contributed by atoms with Crippen molar-refractivity contribution in [3.63, 3.8) is 0 Å². The van der Waals surface area contributed by atoms with Gasteiger partial charge in [-0.25, -0.2) is 14.6 Å². The molecule has 1 aromatic rings. The summed E-state index contributed by atoms with van der Waals surface area (Å²) in [7, 11) is 0. The molecule has 1 atom stereocenters. The summed E-state index contributed by atoms with van der Waals surface area (Å²) < 4.78 is 0. The Morgan fingerprint density at radius 2 is 2.24 bits per heavy atom. The first kappa shape index (κ1) is 13.0. The summed E-state index contributed by atoms with van der Waals surface area (Å²) in [5.41, 5.74) is 0.755. The smallest absolute Gasteiger partial charge is 0.332 e. The molecule has 0 aliphatic rings. The highest BCUT2D eigenvalue weighted by Gasteiger charge is 2.12. The molecular weight excluding hydrogens is 228 g/mol. The molecule has 0 unspecified atom stereocenters. The largest absolute Gasteiger partial charge is 0.479 e. The SMILES string of the molecule is O=C(NCC[C@H](O)C(=O)O)NCc1cnc[nH]1. The van der Waals surface area contributed by atoms with Crippen LogP contribution >= 0.6 is 0 Å². The first-order valence-electron chi connectivity index (χ1n) is 4.99. The maximum absolute atomic E-state index is 11.2. The second-order valence-electron chi connectivity index (χ2n) is 3.33. The summed E-state index contributed by atoms with van der Waals surface area (Å²) in [6, 6.07) is -0.433. The number of aliphatic hydroxyl groups excluding tert-OH is 1. The highest BCUT2D eigenvalue weighted by Crippen LogP contribution is 1.90. The molecule has 0 aliphatic carbocycles. The van der Waals surface area contributed by atoms with E-state index in [0.29, 0.717) is 6.54 Å².